The van der Waals surface area contributed by atoms with Crippen molar-refractivity contribution in [3.8, 4) is 0 Å². The van der Waals surface area contributed by atoms with E-state index in [0.717, 1.165) is 19.1 Å². The number of thiazole rings is 1. The number of hydrogen-bond donors (Lipinski definition) is 0. The number of benzene rings is 1. The van der Waals surface area contributed by atoms with Gasteiger partial charge in [-0.2, -0.15) is 0 Å². The molecule has 1 heterocycles. The Balaban J connectivity index is 2.88. The Morgan fingerprint density at radius 1 is 1.50 bits per heavy atom. The van der Waals surface area contributed by atoms with Gasteiger partial charge in [0.15, 0.2) is 0 Å². The van der Waals surface area contributed by atoms with Crippen molar-refractivity contribution < 1.29 is 0 Å². The Morgan fingerprint density at radius 3 is 3.00 bits per heavy atom. The molecular formula is C8H5ClINS. The lowest BCUT2D eigenvalue weighted by molar-refractivity contribution is 1.35. The van der Waals surface area contributed by atoms with Crippen molar-refractivity contribution in [2.24, 2.45) is 0 Å². The SMILES string of the molecule is Cc1nc2c(Cl)cc(I)cc2s1. The molecule has 4 heteroatoms. The van der Waals surface area contributed by atoms with Gasteiger partial charge in [0.05, 0.1) is 14.7 Å². The minimum atomic E-state index is 0.751. The molecule has 0 radical (unpaired) electrons. The number of aromatic nitrogens is 1. The fourth-order valence-corrected chi connectivity index (χ4v) is 3.30. The second kappa shape index (κ2) is 3.12. The molecule has 62 valence electrons. The van der Waals surface area contributed by atoms with Crippen LogP contribution in [0.1, 0.15) is 5.01 Å². The molecule has 1 aromatic heterocycles. The van der Waals surface area contributed by atoms with Gasteiger partial charge in [-0.15, -0.1) is 11.3 Å². The van der Waals surface area contributed by atoms with Crippen molar-refractivity contribution in [1.29, 1.82) is 0 Å². The minimum absolute atomic E-state index is 0.751. The molecule has 1 nitrogen and oxygen atoms in total. The van der Waals surface area contributed by atoms with E-state index in [1.807, 2.05) is 13.0 Å². The molecule has 0 N–H and O–H groups in total. The highest BCUT2D eigenvalue weighted by Crippen LogP contribution is 2.29. The summed E-state index contributed by atoms with van der Waals surface area (Å²) < 4.78 is 2.33. The molecule has 1 aromatic carbocycles. The molecule has 0 saturated heterocycles. The van der Waals surface area contributed by atoms with Crippen molar-refractivity contribution in [3.05, 3.63) is 25.7 Å². The zero-order valence-electron chi connectivity index (χ0n) is 6.27. The number of fused-ring (bicyclic) bond motifs is 1. The molecule has 0 amide bonds. The normalized spacial score (nSPS) is 10.9. The van der Waals surface area contributed by atoms with E-state index in [0.29, 0.717) is 0 Å². The van der Waals surface area contributed by atoms with Crippen LogP contribution in [0.15, 0.2) is 12.1 Å². The highest BCUT2D eigenvalue weighted by Gasteiger charge is 2.05. The maximum absolute atomic E-state index is 6.02. The molecule has 0 unspecified atom stereocenters. The summed E-state index contributed by atoms with van der Waals surface area (Å²) in [5.41, 5.74) is 0.930. The van der Waals surface area contributed by atoms with Gasteiger partial charge in [-0.05, 0) is 41.6 Å². The van der Waals surface area contributed by atoms with E-state index in [-0.39, 0.29) is 0 Å². The smallest absolute Gasteiger partial charge is 0.100 e. The van der Waals surface area contributed by atoms with Crippen molar-refractivity contribution in [3.63, 3.8) is 0 Å². The van der Waals surface area contributed by atoms with E-state index in [1.165, 1.54) is 4.70 Å². The van der Waals surface area contributed by atoms with Gasteiger partial charge in [0.25, 0.3) is 0 Å². The Morgan fingerprint density at radius 2 is 2.25 bits per heavy atom. The van der Waals surface area contributed by atoms with E-state index >= 15 is 0 Å². The summed E-state index contributed by atoms with van der Waals surface area (Å²) in [7, 11) is 0. The molecule has 0 aliphatic rings. The van der Waals surface area contributed by atoms with Crippen LogP contribution in [-0.2, 0) is 0 Å². The minimum Gasteiger partial charge on any atom is -0.240 e. The summed E-state index contributed by atoms with van der Waals surface area (Å²) in [6, 6.07) is 4.04. The van der Waals surface area contributed by atoms with Gasteiger partial charge < -0.3 is 0 Å². The number of rotatable bonds is 0. The first-order valence-corrected chi connectivity index (χ1v) is 5.66. The molecule has 0 fully saturated rings. The summed E-state index contributed by atoms with van der Waals surface area (Å²) in [5.74, 6) is 0. The molecule has 0 atom stereocenters. The Kier molecular flexibility index (Phi) is 2.27. The van der Waals surface area contributed by atoms with E-state index < -0.39 is 0 Å². The van der Waals surface area contributed by atoms with Gasteiger partial charge in [-0.1, -0.05) is 11.6 Å². The predicted molar refractivity (Wildman–Crippen MR) is 62.1 cm³/mol. The van der Waals surface area contributed by atoms with Gasteiger partial charge in [-0.25, -0.2) is 4.98 Å². The van der Waals surface area contributed by atoms with Crippen LogP contribution in [0.4, 0.5) is 0 Å². The molecule has 0 spiro atoms. The lowest BCUT2D eigenvalue weighted by Crippen LogP contribution is -1.74. The average Bonchev–Trinajstić information content (AvgIpc) is 2.29. The van der Waals surface area contributed by atoms with E-state index in [9.17, 15) is 0 Å². The second-order valence-corrected chi connectivity index (χ2v) is 5.35. The van der Waals surface area contributed by atoms with E-state index in [2.05, 4.69) is 33.6 Å². The first-order valence-electron chi connectivity index (χ1n) is 3.39. The number of nitrogens with zero attached hydrogens (tertiary/aromatic N) is 1. The maximum Gasteiger partial charge on any atom is 0.100 e. The summed E-state index contributed by atoms with van der Waals surface area (Å²) in [6.07, 6.45) is 0. The zero-order chi connectivity index (χ0) is 8.72. The summed E-state index contributed by atoms with van der Waals surface area (Å²) in [6.45, 7) is 1.99. The lowest BCUT2D eigenvalue weighted by atomic mass is 10.3. The third-order valence-electron chi connectivity index (χ3n) is 1.52. The highest BCUT2D eigenvalue weighted by molar-refractivity contribution is 14.1. The van der Waals surface area contributed by atoms with Gasteiger partial charge in [0, 0.05) is 3.57 Å². The van der Waals surface area contributed by atoms with E-state index in [4.69, 9.17) is 11.6 Å². The molecule has 2 rings (SSSR count). The summed E-state index contributed by atoms with van der Waals surface area (Å²) in [5, 5.41) is 1.81. The number of aryl methyl sites for hydroxylation is 1. The first-order chi connectivity index (χ1) is 5.66. The maximum atomic E-state index is 6.02. The standard InChI is InChI=1S/C8H5ClINS/c1-4-11-8-6(9)2-5(10)3-7(8)12-4/h2-3H,1H3. The van der Waals surface area contributed by atoms with Crippen molar-refractivity contribution in [2.75, 3.05) is 0 Å². The molecule has 0 bridgehead atoms. The molecule has 0 saturated carbocycles. The lowest BCUT2D eigenvalue weighted by Gasteiger charge is -1.92. The van der Waals surface area contributed by atoms with Gasteiger partial charge in [0.1, 0.15) is 5.52 Å². The summed E-state index contributed by atoms with van der Waals surface area (Å²) >= 11 is 9.95. The third-order valence-corrected chi connectivity index (χ3v) is 3.35. The van der Waals surface area contributed by atoms with Gasteiger partial charge >= 0.3 is 0 Å². The molecule has 0 aliphatic carbocycles. The van der Waals surface area contributed by atoms with E-state index in [1.54, 1.807) is 11.3 Å². The molecule has 12 heavy (non-hydrogen) atoms. The highest BCUT2D eigenvalue weighted by atomic mass is 127. The van der Waals surface area contributed by atoms with Crippen LogP contribution in [-0.4, -0.2) is 4.98 Å². The monoisotopic (exact) mass is 309 g/mol. The molecule has 0 aliphatic heterocycles. The van der Waals surface area contributed by atoms with Gasteiger partial charge in [0.2, 0.25) is 0 Å². The molecule has 2 aromatic rings. The number of halogens is 2. The topological polar surface area (TPSA) is 12.9 Å². The van der Waals surface area contributed by atoms with Crippen LogP contribution >= 0.6 is 45.5 Å². The summed E-state index contributed by atoms with van der Waals surface area (Å²) in [4.78, 5) is 4.34. The van der Waals surface area contributed by atoms with Crippen LogP contribution in [0, 0.1) is 10.5 Å². The van der Waals surface area contributed by atoms with Crippen LogP contribution in [0.2, 0.25) is 5.02 Å². The van der Waals surface area contributed by atoms with Gasteiger partial charge in [-0.3, -0.25) is 0 Å². The van der Waals surface area contributed by atoms with Crippen LogP contribution < -0.4 is 0 Å². The fraction of sp³-hybridized carbons (Fsp3) is 0.125. The second-order valence-electron chi connectivity index (χ2n) is 2.47. The molecular weight excluding hydrogens is 305 g/mol. The fourth-order valence-electron chi connectivity index (χ4n) is 1.07. The van der Waals surface area contributed by atoms with Crippen LogP contribution in [0.25, 0.3) is 10.2 Å². The average molecular weight is 310 g/mol. The Bertz CT molecular complexity index is 438. The van der Waals surface area contributed by atoms with Crippen molar-refractivity contribution in [2.45, 2.75) is 6.92 Å². The van der Waals surface area contributed by atoms with Crippen molar-refractivity contribution in [1.82, 2.24) is 4.98 Å². The van der Waals surface area contributed by atoms with Crippen LogP contribution in [0.5, 0.6) is 0 Å². The third kappa shape index (κ3) is 1.45. The zero-order valence-corrected chi connectivity index (χ0v) is 10.00. The number of hydrogen-bond acceptors (Lipinski definition) is 2. The quantitative estimate of drug-likeness (QED) is 0.673. The van der Waals surface area contributed by atoms with Crippen LogP contribution in [0.3, 0.4) is 0 Å². The largest absolute Gasteiger partial charge is 0.240 e. The Hall–Kier alpha value is 0.130. The van der Waals surface area contributed by atoms with Crippen molar-refractivity contribution >= 4 is 55.7 Å². The first kappa shape index (κ1) is 8.72. The predicted octanol–water partition coefficient (Wildman–Crippen LogP) is 3.86. The Labute approximate surface area is 92.9 Å².